The van der Waals surface area contributed by atoms with Crippen molar-refractivity contribution in [2.45, 2.75) is 43.8 Å². The summed E-state index contributed by atoms with van der Waals surface area (Å²) in [6.45, 7) is 4.00. The molecule has 10 heteroatoms. The third-order valence-electron chi connectivity index (χ3n) is 6.23. The smallest absolute Gasteiger partial charge is 0.265 e. The number of nitrogens with zero attached hydrogens (tertiary/aromatic N) is 5. The fourth-order valence-electron chi connectivity index (χ4n) is 4.48. The highest BCUT2D eigenvalue weighted by Gasteiger charge is 2.29. The van der Waals surface area contributed by atoms with E-state index < -0.39 is 0 Å². The summed E-state index contributed by atoms with van der Waals surface area (Å²) < 4.78 is 3.35. The van der Waals surface area contributed by atoms with Gasteiger partial charge in [0.25, 0.3) is 5.56 Å². The van der Waals surface area contributed by atoms with Gasteiger partial charge in [-0.3, -0.25) is 19.0 Å². The van der Waals surface area contributed by atoms with E-state index in [9.17, 15) is 14.4 Å². The molecule has 0 bridgehead atoms. The van der Waals surface area contributed by atoms with Crippen molar-refractivity contribution < 1.29 is 9.59 Å². The van der Waals surface area contributed by atoms with Crippen molar-refractivity contribution in [1.29, 1.82) is 0 Å². The molecule has 1 saturated heterocycles. The van der Waals surface area contributed by atoms with E-state index in [4.69, 9.17) is 4.98 Å². The Morgan fingerprint density at radius 2 is 2.12 bits per heavy atom. The van der Waals surface area contributed by atoms with Crippen LogP contribution in [0.25, 0.3) is 16.7 Å². The molecule has 9 nitrogen and oxygen atoms in total. The summed E-state index contributed by atoms with van der Waals surface area (Å²) in [4.78, 5) is 44.0. The summed E-state index contributed by atoms with van der Waals surface area (Å²) in [5.74, 6) is 0.733. The lowest BCUT2D eigenvalue weighted by atomic mass is 10.2. The molecule has 1 atom stereocenters. The number of hydrogen-bond donors (Lipinski definition) is 1. The molecule has 0 saturated carbocycles. The number of carbonyl (C=O) groups is 2. The minimum absolute atomic E-state index is 0.0937. The van der Waals surface area contributed by atoms with Gasteiger partial charge in [-0.2, -0.15) is 5.10 Å². The summed E-state index contributed by atoms with van der Waals surface area (Å²) in [5.41, 5.74) is 2.31. The zero-order valence-electron chi connectivity index (χ0n) is 18.5. The number of likely N-dealkylation sites (tertiary alicyclic amines) is 1. The van der Waals surface area contributed by atoms with Crippen LogP contribution < -0.4 is 10.9 Å². The normalized spacial score (nSPS) is 17.7. The van der Waals surface area contributed by atoms with Crippen LogP contribution in [0.5, 0.6) is 0 Å². The van der Waals surface area contributed by atoms with Gasteiger partial charge in [0.2, 0.25) is 11.8 Å². The van der Waals surface area contributed by atoms with Gasteiger partial charge in [-0.05, 0) is 31.4 Å². The Balaban J connectivity index is 1.28. The molecule has 172 valence electrons. The highest BCUT2D eigenvalue weighted by molar-refractivity contribution is 7.99. The quantitative estimate of drug-likeness (QED) is 0.422. The van der Waals surface area contributed by atoms with Gasteiger partial charge in [-0.1, -0.05) is 30.0 Å². The van der Waals surface area contributed by atoms with Crippen LogP contribution in [0.1, 0.15) is 37.3 Å². The molecule has 33 heavy (non-hydrogen) atoms. The lowest BCUT2D eigenvalue weighted by molar-refractivity contribution is -0.127. The van der Waals surface area contributed by atoms with Crippen molar-refractivity contribution in [1.82, 2.24) is 29.5 Å². The van der Waals surface area contributed by atoms with Gasteiger partial charge < -0.3 is 10.2 Å². The topological polar surface area (TPSA) is 102 Å². The van der Waals surface area contributed by atoms with Crippen LogP contribution in [0, 0.1) is 6.92 Å². The van der Waals surface area contributed by atoms with Crippen LogP contribution in [0.15, 0.2) is 40.4 Å². The van der Waals surface area contributed by atoms with Crippen LogP contribution in [0.2, 0.25) is 0 Å². The Morgan fingerprint density at radius 3 is 2.91 bits per heavy atom. The molecule has 2 aromatic heterocycles. The maximum atomic E-state index is 13.3. The van der Waals surface area contributed by atoms with Crippen molar-refractivity contribution in [2.75, 3.05) is 25.4 Å². The number of benzene rings is 1. The largest absolute Gasteiger partial charge is 0.356 e. The molecule has 0 aliphatic carbocycles. The lowest BCUT2D eigenvalue weighted by Gasteiger charge is -2.16. The maximum Gasteiger partial charge on any atom is 0.265 e. The summed E-state index contributed by atoms with van der Waals surface area (Å²) in [6.07, 6.45) is 4.06. The predicted molar refractivity (Wildman–Crippen MR) is 126 cm³/mol. The van der Waals surface area contributed by atoms with Crippen molar-refractivity contribution in [3.63, 3.8) is 0 Å². The Labute approximate surface area is 195 Å². The van der Waals surface area contributed by atoms with Gasteiger partial charge in [0.15, 0.2) is 10.8 Å². The lowest BCUT2D eigenvalue weighted by Crippen LogP contribution is -2.33. The van der Waals surface area contributed by atoms with Crippen LogP contribution >= 0.6 is 11.8 Å². The Morgan fingerprint density at radius 1 is 1.27 bits per heavy atom. The van der Waals surface area contributed by atoms with E-state index in [1.165, 1.54) is 11.8 Å². The van der Waals surface area contributed by atoms with E-state index in [0.29, 0.717) is 41.5 Å². The number of aromatic nitrogens is 4. The molecule has 4 heterocycles. The molecule has 3 aromatic rings. The van der Waals surface area contributed by atoms with Crippen LogP contribution in [-0.4, -0.2) is 61.4 Å². The Bertz CT molecular complexity index is 1280. The fraction of sp³-hybridized carbons (Fsp3) is 0.435. The number of rotatable bonds is 7. The minimum Gasteiger partial charge on any atom is -0.356 e. The van der Waals surface area contributed by atoms with Crippen LogP contribution in [-0.2, 0) is 9.59 Å². The number of hydrogen-bond acceptors (Lipinski definition) is 6. The molecular weight excluding hydrogens is 440 g/mol. The van der Waals surface area contributed by atoms with E-state index in [-0.39, 0.29) is 29.8 Å². The number of carbonyl (C=O) groups excluding carboxylic acids is 2. The summed E-state index contributed by atoms with van der Waals surface area (Å²) in [6, 6.07) is 7.60. The number of amides is 2. The average molecular weight is 467 g/mol. The van der Waals surface area contributed by atoms with Gasteiger partial charge in [0.05, 0.1) is 17.9 Å². The second-order valence-electron chi connectivity index (χ2n) is 8.51. The molecule has 1 unspecified atom stereocenters. The minimum atomic E-state index is -0.239. The second kappa shape index (κ2) is 9.01. The molecule has 1 N–H and O–H groups in total. The fourth-order valence-corrected chi connectivity index (χ4v) is 5.61. The van der Waals surface area contributed by atoms with E-state index >= 15 is 0 Å². The monoisotopic (exact) mass is 466 g/mol. The third kappa shape index (κ3) is 4.15. The van der Waals surface area contributed by atoms with Crippen LogP contribution in [0.3, 0.4) is 0 Å². The zero-order valence-corrected chi connectivity index (χ0v) is 19.3. The molecule has 2 aliphatic rings. The molecule has 1 fully saturated rings. The summed E-state index contributed by atoms with van der Waals surface area (Å²) in [5, 5.41) is 8.42. The molecule has 5 rings (SSSR count). The van der Waals surface area contributed by atoms with Crippen molar-refractivity contribution >= 4 is 34.6 Å². The zero-order chi connectivity index (χ0) is 22.9. The molecule has 0 radical (unpaired) electrons. The Hall–Kier alpha value is -3.14. The van der Waals surface area contributed by atoms with Crippen molar-refractivity contribution in [2.24, 2.45) is 0 Å². The SMILES string of the molecule is Cc1ccccc1-n1ncc2c(=O)n3c(nc21)SCC3CC(=O)NCCCN1CCCC1=O. The molecule has 2 amide bonds. The second-order valence-corrected chi connectivity index (χ2v) is 9.49. The summed E-state index contributed by atoms with van der Waals surface area (Å²) in [7, 11) is 0. The van der Waals surface area contributed by atoms with Crippen molar-refractivity contribution in [3.8, 4) is 5.69 Å². The standard InChI is InChI=1S/C23H26N6O3S/c1-15-6-2-3-7-18(15)29-21-17(13-25-29)22(32)28-16(14-33-23(28)26-21)12-19(30)24-9-5-11-27-10-4-8-20(27)31/h2-3,6-7,13,16H,4-5,8-12,14H2,1H3,(H,24,30). The average Bonchev–Trinajstić information content (AvgIpc) is 3.51. The van der Waals surface area contributed by atoms with Gasteiger partial charge in [0.1, 0.15) is 5.39 Å². The van der Waals surface area contributed by atoms with Gasteiger partial charge >= 0.3 is 0 Å². The first kappa shape index (κ1) is 21.7. The number of nitrogens with one attached hydrogen (secondary N) is 1. The van der Waals surface area contributed by atoms with Gasteiger partial charge in [0, 0.05) is 38.2 Å². The maximum absolute atomic E-state index is 13.3. The third-order valence-corrected chi connectivity index (χ3v) is 7.33. The van der Waals surface area contributed by atoms with E-state index in [0.717, 1.165) is 30.6 Å². The molecule has 1 aromatic carbocycles. The highest BCUT2D eigenvalue weighted by Crippen LogP contribution is 2.33. The first-order valence-corrected chi connectivity index (χ1v) is 12.2. The van der Waals surface area contributed by atoms with Gasteiger partial charge in [-0.25, -0.2) is 9.67 Å². The highest BCUT2D eigenvalue weighted by atomic mass is 32.2. The van der Waals surface area contributed by atoms with E-state index in [1.807, 2.05) is 36.1 Å². The van der Waals surface area contributed by atoms with E-state index in [2.05, 4.69) is 10.4 Å². The van der Waals surface area contributed by atoms with E-state index in [1.54, 1.807) is 15.4 Å². The first-order valence-electron chi connectivity index (χ1n) is 11.3. The molecule has 2 aliphatic heterocycles. The van der Waals surface area contributed by atoms with Gasteiger partial charge in [-0.15, -0.1) is 0 Å². The number of fused-ring (bicyclic) bond motifs is 2. The summed E-state index contributed by atoms with van der Waals surface area (Å²) >= 11 is 1.49. The van der Waals surface area contributed by atoms with Crippen LogP contribution in [0.4, 0.5) is 0 Å². The van der Waals surface area contributed by atoms with Crippen molar-refractivity contribution in [3.05, 3.63) is 46.4 Å². The number of aryl methyl sites for hydroxylation is 1. The number of thioether (sulfide) groups is 1. The Kier molecular flexibility index (Phi) is 5.92. The predicted octanol–water partition coefficient (Wildman–Crippen LogP) is 2.06. The number of para-hydroxylation sites is 1. The first-order chi connectivity index (χ1) is 16.0. The molecule has 0 spiro atoms. The molecular formula is C23H26N6O3S.